The smallest absolute Gasteiger partial charge is 0.543 e. The molecule has 0 bridgehead atoms. The zero-order chi connectivity index (χ0) is 16.9. The van der Waals surface area contributed by atoms with Crippen LogP contribution in [0.15, 0.2) is 31.3 Å². The number of carboxylic acid groups (broad SMARTS) is 2. The average Bonchev–Trinajstić information content (AvgIpc) is 2.37. The van der Waals surface area contributed by atoms with E-state index < -0.39 is 45.8 Å². The Labute approximate surface area is 141 Å². The minimum absolute atomic E-state index is 0. The molecule has 0 aliphatic carbocycles. The number of aromatic amines is 4. The number of aromatic carboxylic acids is 2. The second-order valence-electron chi connectivity index (χ2n) is 3.58. The monoisotopic (exact) mass is 430 g/mol. The predicted octanol–water partition coefficient (Wildman–Crippen LogP) is -5.53. The molecular weight excluding hydrogens is 423 g/mol. The number of carboxylic acids is 2. The molecule has 23 heavy (non-hydrogen) atoms. The van der Waals surface area contributed by atoms with E-state index >= 15 is 0 Å². The van der Waals surface area contributed by atoms with Crippen LogP contribution < -0.4 is 32.7 Å². The van der Waals surface area contributed by atoms with Crippen LogP contribution in [-0.4, -0.2) is 55.8 Å². The Morgan fingerprint density at radius 3 is 1.22 bits per heavy atom. The second-order valence-corrected chi connectivity index (χ2v) is 3.58. The summed E-state index contributed by atoms with van der Waals surface area (Å²) in [5, 5.41) is 20.1. The fourth-order valence-electron chi connectivity index (χ4n) is 1.16. The van der Waals surface area contributed by atoms with Crippen molar-refractivity contribution < 1.29 is 19.8 Å². The van der Waals surface area contributed by atoms with Gasteiger partial charge in [0.15, 0.2) is 0 Å². The molecule has 0 saturated heterocycles. The molecule has 0 saturated carbocycles. The van der Waals surface area contributed by atoms with Crippen molar-refractivity contribution in [3.05, 3.63) is 65.2 Å². The third kappa shape index (κ3) is 6.59. The number of rotatable bonds is 2. The van der Waals surface area contributed by atoms with Gasteiger partial charge < -0.3 is 29.8 Å². The molecule has 2 aromatic rings. The van der Waals surface area contributed by atoms with Gasteiger partial charge >= 0.3 is 35.3 Å². The molecule has 0 aromatic carbocycles. The van der Waals surface area contributed by atoms with Gasteiger partial charge in [0.1, 0.15) is 0 Å². The van der Waals surface area contributed by atoms with Gasteiger partial charge in [-0.25, -0.2) is 9.59 Å². The summed E-state index contributed by atoms with van der Waals surface area (Å²) in [6.45, 7) is 0. The van der Waals surface area contributed by atoms with E-state index in [9.17, 15) is 39.0 Å². The zero-order valence-corrected chi connectivity index (χ0v) is 13.8. The Balaban J connectivity index is 0.000000403. The molecule has 2 heterocycles. The average molecular weight is 429 g/mol. The van der Waals surface area contributed by atoms with Gasteiger partial charge in [0, 0.05) is 12.1 Å². The van der Waals surface area contributed by atoms with Gasteiger partial charge in [0.05, 0.1) is 23.3 Å². The van der Waals surface area contributed by atoms with E-state index in [0.717, 1.165) is 12.1 Å². The maximum Gasteiger partial charge on any atom is 2.00 e. The molecule has 12 nitrogen and oxygen atoms in total. The Bertz CT molecular complexity index is 803. The molecular formula is C10H6N4O8Sn. The summed E-state index contributed by atoms with van der Waals surface area (Å²) in [5.74, 6) is -3.18. The van der Waals surface area contributed by atoms with E-state index in [-0.39, 0.29) is 23.9 Å². The van der Waals surface area contributed by atoms with Gasteiger partial charge in [-0.2, -0.15) is 0 Å². The van der Waals surface area contributed by atoms with Crippen molar-refractivity contribution >= 4 is 35.8 Å². The van der Waals surface area contributed by atoms with Crippen LogP contribution in [0.2, 0.25) is 0 Å². The van der Waals surface area contributed by atoms with Crippen LogP contribution in [0, 0.1) is 0 Å². The summed E-state index contributed by atoms with van der Waals surface area (Å²) in [6.07, 6.45) is 0. The molecule has 0 fully saturated rings. The predicted molar refractivity (Wildman–Crippen MR) is 69.8 cm³/mol. The number of hydrogen-bond donors (Lipinski definition) is 4. The minimum Gasteiger partial charge on any atom is -0.543 e. The van der Waals surface area contributed by atoms with Gasteiger partial charge in [-0.15, -0.1) is 0 Å². The molecule has 0 atom stereocenters. The first-order chi connectivity index (χ1) is 10.2. The second kappa shape index (κ2) is 8.52. The Hall–Kier alpha value is -2.90. The minimum atomic E-state index is -1.59. The molecule has 2 radical (unpaired) electrons. The molecule has 0 amide bonds. The molecule has 4 N–H and O–H groups in total. The third-order valence-electron chi connectivity index (χ3n) is 1.96. The van der Waals surface area contributed by atoms with Crippen molar-refractivity contribution in [2.45, 2.75) is 0 Å². The first-order valence-electron chi connectivity index (χ1n) is 5.29. The Morgan fingerprint density at radius 2 is 1.00 bits per heavy atom. The number of aromatic nitrogens is 4. The Morgan fingerprint density at radius 1 is 0.696 bits per heavy atom. The molecule has 0 unspecified atom stereocenters. The normalized spacial score (nSPS) is 9.04. The summed E-state index contributed by atoms with van der Waals surface area (Å²) < 4.78 is 0. The van der Waals surface area contributed by atoms with Crippen molar-refractivity contribution in [3.8, 4) is 0 Å². The van der Waals surface area contributed by atoms with E-state index in [1.165, 1.54) is 0 Å². The van der Waals surface area contributed by atoms with E-state index in [0.29, 0.717) is 0 Å². The van der Waals surface area contributed by atoms with Gasteiger partial charge in [-0.1, -0.05) is 0 Å². The maximum absolute atomic E-state index is 10.4. The van der Waals surface area contributed by atoms with E-state index in [4.69, 9.17) is 0 Å². The topological polar surface area (TPSA) is 212 Å². The quantitative estimate of drug-likeness (QED) is 0.337. The van der Waals surface area contributed by atoms with Gasteiger partial charge in [0.2, 0.25) is 0 Å². The standard InChI is InChI=1S/2C5H4N2O4.Sn/c2*8-3-1-2(4(9)10)6-5(11)7-3;/h2*1H,(H,9,10)(H2,6,7,8,11);/q;;+2/p-2. The fraction of sp³-hybridized carbons (Fsp3) is 0. The summed E-state index contributed by atoms with van der Waals surface area (Å²) in [6, 6.07) is 1.47. The van der Waals surface area contributed by atoms with E-state index in [1.54, 1.807) is 0 Å². The molecule has 0 spiro atoms. The van der Waals surface area contributed by atoms with Gasteiger partial charge in [0.25, 0.3) is 11.1 Å². The Kier molecular flexibility index (Phi) is 7.44. The first kappa shape index (κ1) is 20.1. The van der Waals surface area contributed by atoms with E-state index in [1.807, 2.05) is 19.9 Å². The first-order valence-corrected chi connectivity index (χ1v) is 5.29. The van der Waals surface area contributed by atoms with Gasteiger partial charge in [-0.05, 0) is 0 Å². The number of H-pyrrole nitrogens is 4. The van der Waals surface area contributed by atoms with E-state index in [2.05, 4.69) is 0 Å². The van der Waals surface area contributed by atoms with Crippen LogP contribution in [0.25, 0.3) is 0 Å². The summed E-state index contributed by atoms with van der Waals surface area (Å²) >= 11 is 0. The largest absolute Gasteiger partial charge is 2.00 e. The molecule has 2 aromatic heterocycles. The maximum atomic E-state index is 10.4. The van der Waals surface area contributed by atoms with Crippen molar-refractivity contribution in [3.63, 3.8) is 0 Å². The van der Waals surface area contributed by atoms with Crippen LogP contribution >= 0.6 is 0 Å². The van der Waals surface area contributed by atoms with Crippen LogP contribution in [0.5, 0.6) is 0 Å². The number of nitrogens with one attached hydrogen (secondary N) is 4. The van der Waals surface area contributed by atoms with Crippen LogP contribution in [0.4, 0.5) is 0 Å². The summed E-state index contributed by atoms with van der Waals surface area (Å²) in [4.78, 5) is 69.2. The number of hydrogen-bond acceptors (Lipinski definition) is 8. The summed E-state index contributed by atoms with van der Waals surface area (Å²) in [7, 11) is 0. The van der Waals surface area contributed by atoms with Crippen molar-refractivity contribution in [1.29, 1.82) is 0 Å². The fourth-order valence-corrected chi connectivity index (χ4v) is 1.16. The van der Waals surface area contributed by atoms with Crippen molar-refractivity contribution in [1.82, 2.24) is 19.9 Å². The van der Waals surface area contributed by atoms with Crippen LogP contribution in [0.1, 0.15) is 21.0 Å². The number of carbonyl (C=O) groups excluding carboxylic acids is 2. The SMILES string of the molecule is O=C([O-])c1cc(=O)[nH]c(=O)[nH]1.O=C([O-])c1cc(=O)[nH]c(=O)[nH]1.[Sn+2]. The third-order valence-corrected chi connectivity index (χ3v) is 1.96. The zero-order valence-electron chi connectivity index (χ0n) is 10.9. The molecule has 13 heteroatoms. The molecule has 118 valence electrons. The van der Waals surface area contributed by atoms with Gasteiger partial charge in [-0.3, -0.25) is 19.6 Å². The van der Waals surface area contributed by atoms with Crippen molar-refractivity contribution in [2.75, 3.05) is 0 Å². The van der Waals surface area contributed by atoms with Crippen molar-refractivity contribution in [2.24, 2.45) is 0 Å². The summed E-state index contributed by atoms with van der Waals surface area (Å²) in [5.41, 5.74) is -4.33. The molecule has 0 aliphatic heterocycles. The molecule has 2 rings (SSSR count). The number of carbonyl (C=O) groups is 2. The van der Waals surface area contributed by atoms with Crippen LogP contribution in [-0.2, 0) is 0 Å². The molecule has 0 aliphatic rings. The van der Waals surface area contributed by atoms with Crippen LogP contribution in [0.3, 0.4) is 0 Å².